The number of halogens is 1. The highest BCUT2D eigenvalue weighted by molar-refractivity contribution is 9.10. The second-order valence-electron chi connectivity index (χ2n) is 4.05. The van der Waals surface area contributed by atoms with Gasteiger partial charge in [-0.1, -0.05) is 12.2 Å². The summed E-state index contributed by atoms with van der Waals surface area (Å²) in [6, 6.07) is 0.190. The molecule has 1 aromatic rings. The van der Waals surface area contributed by atoms with Gasteiger partial charge in [-0.3, -0.25) is 4.90 Å². The van der Waals surface area contributed by atoms with Gasteiger partial charge in [-0.25, -0.2) is 4.98 Å². The van der Waals surface area contributed by atoms with Gasteiger partial charge in [0.25, 0.3) is 0 Å². The summed E-state index contributed by atoms with van der Waals surface area (Å²) >= 11 is 10.1. The topological polar surface area (TPSA) is 45.4 Å². The van der Waals surface area contributed by atoms with Crippen molar-refractivity contribution in [2.45, 2.75) is 13.0 Å². The lowest BCUT2D eigenvalue weighted by Gasteiger charge is -2.37. The van der Waals surface area contributed by atoms with Crippen molar-refractivity contribution in [2.24, 2.45) is 5.73 Å². The predicted molar refractivity (Wildman–Crippen MR) is 79.8 cm³/mol. The first-order valence-corrected chi connectivity index (χ1v) is 7.55. The van der Waals surface area contributed by atoms with E-state index < -0.39 is 0 Å². The number of anilines is 1. The van der Waals surface area contributed by atoms with Crippen LogP contribution in [-0.4, -0.2) is 47.1 Å². The fourth-order valence-corrected chi connectivity index (χ4v) is 3.32. The highest BCUT2D eigenvalue weighted by atomic mass is 79.9. The summed E-state index contributed by atoms with van der Waals surface area (Å²) in [5.41, 5.74) is 5.68. The van der Waals surface area contributed by atoms with Gasteiger partial charge in [0.05, 0.1) is 11.0 Å². The van der Waals surface area contributed by atoms with E-state index in [9.17, 15) is 0 Å². The second kappa shape index (κ2) is 5.60. The Labute approximate surface area is 119 Å². The highest BCUT2D eigenvalue weighted by Crippen LogP contribution is 2.24. The molecule has 2 N–H and O–H groups in total. The summed E-state index contributed by atoms with van der Waals surface area (Å²) < 4.78 is 0.913. The smallest absolute Gasteiger partial charge is 0.186 e. The maximum Gasteiger partial charge on any atom is 0.186 e. The quantitative estimate of drug-likeness (QED) is 0.852. The van der Waals surface area contributed by atoms with Gasteiger partial charge in [0.15, 0.2) is 5.13 Å². The van der Waals surface area contributed by atoms with Gasteiger partial charge in [-0.05, 0) is 22.9 Å². The minimum atomic E-state index is 0.190. The number of thiocarbonyl (C=S) groups is 1. The zero-order valence-corrected chi connectivity index (χ0v) is 12.8. The number of nitrogens with zero attached hydrogens (tertiary/aromatic N) is 3. The molecule has 1 aliphatic rings. The molecule has 0 spiro atoms. The number of hydrogen-bond acceptors (Lipinski definition) is 5. The zero-order chi connectivity index (χ0) is 12.4. The Morgan fingerprint density at radius 1 is 1.53 bits per heavy atom. The Hall–Kier alpha value is -0.240. The van der Waals surface area contributed by atoms with E-state index in [1.54, 1.807) is 11.3 Å². The monoisotopic (exact) mass is 334 g/mol. The van der Waals surface area contributed by atoms with Crippen molar-refractivity contribution < 1.29 is 0 Å². The predicted octanol–water partition coefficient (Wildman–Crippen LogP) is 1.70. The lowest BCUT2D eigenvalue weighted by Crippen LogP contribution is -2.52. The average molecular weight is 335 g/mol. The van der Waals surface area contributed by atoms with Crippen molar-refractivity contribution in [2.75, 3.05) is 31.1 Å². The fraction of sp³-hybridized carbons (Fsp3) is 0.600. The number of nitrogens with two attached hydrogens (primary N) is 1. The lowest BCUT2D eigenvalue weighted by molar-refractivity contribution is 0.239. The molecule has 0 amide bonds. The third-order valence-electron chi connectivity index (χ3n) is 3.01. The van der Waals surface area contributed by atoms with Crippen molar-refractivity contribution >= 4 is 49.6 Å². The first-order valence-electron chi connectivity index (χ1n) is 5.47. The van der Waals surface area contributed by atoms with Crippen LogP contribution < -0.4 is 10.6 Å². The highest BCUT2D eigenvalue weighted by Gasteiger charge is 2.23. The van der Waals surface area contributed by atoms with Gasteiger partial charge >= 0.3 is 0 Å². The van der Waals surface area contributed by atoms with Crippen LogP contribution in [0.4, 0.5) is 5.13 Å². The van der Waals surface area contributed by atoms with E-state index in [1.165, 1.54) is 0 Å². The minimum Gasteiger partial charge on any atom is -0.392 e. The first-order chi connectivity index (χ1) is 8.08. The molecule has 7 heteroatoms. The minimum absolute atomic E-state index is 0.190. The zero-order valence-electron chi connectivity index (χ0n) is 9.60. The number of aromatic nitrogens is 1. The summed E-state index contributed by atoms with van der Waals surface area (Å²) in [5, 5.41) is 3.10. The van der Waals surface area contributed by atoms with E-state index >= 15 is 0 Å². The number of hydrogen-bond donors (Lipinski definition) is 1. The molecule has 2 rings (SSSR count). The first kappa shape index (κ1) is 13.2. The molecule has 1 saturated heterocycles. The summed E-state index contributed by atoms with van der Waals surface area (Å²) in [5.74, 6) is 0. The van der Waals surface area contributed by atoms with Crippen molar-refractivity contribution in [1.82, 2.24) is 9.88 Å². The van der Waals surface area contributed by atoms with E-state index in [4.69, 9.17) is 18.0 Å². The van der Waals surface area contributed by atoms with E-state index in [0.29, 0.717) is 4.99 Å². The molecule has 1 aromatic heterocycles. The van der Waals surface area contributed by atoms with Crippen LogP contribution in [0.25, 0.3) is 0 Å². The van der Waals surface area contributed by atoms with Crippen LogP contribution in [0.3, 0.4) is 0 Å². The van der Waals surface area contributed by atoms with Crippen LogP contribution >= 0.6 is 39.5 Å². The molecular weight excluding hydrogens is 320 g/mol. The van der Waals surface area contributed by atoms with Crippen LogP contribution in [0.15, 0.2) is 9.98 Å². The van der Waals surface area contributed by atoms with Gasteiger partial charge in [0.2, 0.25) is 0 Å². The molecule has 2 heterocycles. The van der Waals surface area contributed by atoms with Crippen LogP contribution in [0.2, 0.25) is 0 Å². The summed E-state index contributed by atoms with van der Waals surface area (Å²) in [4.78, 5) is 9.64. The molecule has 1 fully saturated rings. The third-order valence-corrected chi connectivity index (χ3v) is 4.96. The Bertz CT molecular complexity index is 401. The van der Waals surface area contributed by atoms with Crippen LogP contribution in [0.5, 0.6) is 0 Å². The molecule has 4 nitrogen and oxygen atoms in total. The lowest BCUT2D eigenvalue weighted by atomic mass is 10.2. The summed E-state index contributed by atoms with van der Waals surface area (Å²) in [6.07, 6.45) is 0. The average Bonchev–Trinajstić information content (AvgIpc) is 2.75. The van der Waals surface area contributed by atoms with E-state index in [1.807, 2.05) is 5.38 Å². The van der Waals surface area contributed by atoms with E-state index in [0.717, 1.165) is 35.9 Å². The molecule has 0 aliphatic carbocycles. The standard InChI is InChI=1S/C10H15BrN4S2/c1-7(9(12)16)14-2-4-15(5-3-14)10-13-8(11)6-17-10/h6-7H,2-5H2,1H3,(H2,12,16). The van der Waals surface area contributed by atoms with Gasteiger partial charge in [0.1, 0.15) is 4.60 Å². The Morgan fingerprint density at radius 2 is 2.18 bits per heavy atom. The summed E-state index contributed by atoms with van der Waals surface area (Å²) in [6.45, 7) is 5.99. The van der Waals surface area contributed by atoms with Crippen molar-refractivity contribution in [3.63, 3.8) is 0 Å². The Morgan fingerprint density at radius 3 is 2.65 bits per heavy atom. The van der Waals surface area contributed by atoms with E-state index in [2.05, 4.69) is 37.6 Å². The molecule has 1 aliphatic heterocycles. The molecule has 1 unspecified atom stereocenters. The number of thiazole rings is 1. The van der Waals surface area contributed by atoms with Crippen molar-refractivity contribution in [3.05, 3.63) is 9.98 Å². The maximum atomic E-state index is 5.68. The molecule has 0 bridgehead atoms. The maximum absolute atomic E-state index is 5.68. The Kier molecular flexibility index (Phi) is 4.35. The molecule has 1 atom stereocenters. The molecule has 0 saturated carbocycles. The van der Waals surface area contributed by atoms with Crippen LogP contribution in [0.1, 0.15) is 6.92 Å². The fourth-order valence-electron chi connectivity index (χ4n) is 1.87. The van der Waals surface area contributed by atoms with Crippen LogP contribution in [-0.2, 0) is 0 Å². The third kappa shape index (κ3) is 3.15. The van der Waals surface area contributed by atoms with Gasteiger partial charge in [0, 0.05) is 31.6 Å². The molecule has 0 radical (unpaired) electrons. The molecular formula is C10H15BrN4S2. The van der Waals surface area contributed by atoms with Gasteiger partial charge < -0.3 is 10.6 Å². The van der Waals surface area contributed by atoms with E-state index in [-0.39, 0.29) is 6.04 Å². The largest absolute Gasteiger partial charge is 0.392 e. The van der Waals surface area contributed by atoms with Crippen molar-refractivity contribution in [3.8, 4) is 0 Å². The SMILES string of the molecule is CC(C(N)=S)N1CCN(c2nc(Br)cs2)CC1. The number of rotatable bonds is 3. The molecule has 17 heavy (non-hydrogen) atoms. The van der Waals surface area contributed by atoms with Gasteiger partial charge in [-0.2, -0.15) is 0 Å². The number of piperazine rings is 1. The second-order valence-corrected chi connectivity index (χ2v) is 6.17. The normalized spacial score (nSPS) is 19.3. The van der Waals surface area contributed by atoms with Crippen molar-refractivity contribution in [1.29, 1.82) is 0 Å². The molecule has 94 valence electrons. The molecule has 0 aromatic carbocycles. The van der Waals surface area contributed by atoms with Gasteiger partial charge in [-0.15, -0.1) is 11.3 Å². The van der Waals surface area contributed by atoms with Crippen LogP contribution in [0, 0.1) is 0 Å². The Balaban J connectivity index is 1.92. The summed E-state index contributed by atoms with van der Waals surface area (Å²) in [7, 11) is 0.